The Bertz CT molecular complexity index is 564. The average Bonchev–Trinajstić information content (AvgIpc) is 2.65. The maximum atomic E-state index is 11.9. The highest BCUT2D eigenvalue weighted by molar-refractivity contribution is 5.94. The summed E-state index contributed by atoms with van der Waals surface area (Å²) in [6, 6.07) is 9.59. The molecule has 0 radical (unpaired) electrons. The lowest BCUT2D eigenvalue weighted by Gasteiger charge is -2.31. The Hall–Kier alpha value is -2.14. The number of rotatable bonds is 8. The molecule has 1 aromatic rings. The van der Waals surface area contributed by atoms with E-state index in [2.05, 4.69) is 22.5 Å². The molecule has 2 N–H and O–H groups in total. The number of hydrogen-bond acceptors (Lipinski definition) is 3. The SMILES string of the molecule is CCCN1CCC(CNC(=O)CNC(=O)/C=C/c2ccccc2)CC1. The van der Waals surface area contributed by atoms with Crippen molar-refractivity contribution in [3.63, 3.8) is 0 Å². The van der Waals surface area contributed by atoms with E-state index in [1.54, 1.807) is 6.08 Å². The molecule has 0 spiro atoms. The van der Waals surface area contributed by atoms with E-state index in [0.29, 0.717) is 12.5 Å². The van der Waals surface area contributed by atoms with E-state index in [1.165, 1.54) is 19.0 Å². The molecule has 1 fully saturated rings. The van der Waals surface area contributed by atoms with E-state index in [9.17, 15) is 9.59 Å². The lowest BCUT2D eigenvalue weighted by atomic mass is 9.96. The fraction of sp³-hybridized carbons (Fsp3) is 0.500. The predicted molar refractivity (Wildman–Crippen MR) is 101 cm³/mol. The molecule has 1 aliphatic rings. The molecule has 2 amide bonds. The first-order chi connectivity index (χ1) is 12.2. The summed E-state index contributed by atoms with van der Waals surface area (Å²) >= 11 is 0. The van der Waals surface area contributed by atoms with Crippen molar-refractivity contribution in [1.29, 1.82) is 0 Å². The van der Waals surface area contributed by atoms with Crippen molar-refractivity contribution >= 4 is 17.9 Å². The highest BCUT2D eigenvalue weighted by Crippen LogP contribution is 2.16. The summed E-state index contributed by atoms with van der Waals surface area (Å²) in [5, 5.41) is 5.55. The van der Waals surface area contributed by atoms with Crippen LogP contribution in [0.15, 0.2) is 36.4 Å². The van der Waals surface area contributed by atoms with Crippen molar-refractivity contribution in [2.24, 2.45) is 5.92 Å². The van der Waals surface area contributed by atoms with E-state index in [1.807, 2.05) is 30.3 Å². The van der Waals surface area contributed by atoms with E-state index in [0.717, 1.165) is 31.5 Å². The molecule has 0 aromatic heterocycles. The van der Waals surface area contributed by atoms with Crippen LogP contribution in [0.25, 0.3) is 6.08 Å². The number of piperidine rings is 1. The van der Waals surface area contributed by atoms with E-state index < -0.39 is 0 Å². The van der Waals surface area contributed by atoms with E-state index in [-0.39, 0.29) is 18.4 Å². The molecule has 25 heavy (non-hydrogen) atoms. The topological polar surface area (TPSA) is 61.4 Å². The largest absolute Gasteiger partial charge is 0.354 e. The van der Waals surface area contributed by atoms with Crippen LogP contribution in [0.3, 0.4) is 0 Å². The Labute approximate surface area is 150 Å². The molecule has 5 heteroatoms. The van der Waals surface area contributed by atoms with Gasteiger partial charge in [0.05, 0.1) is 6.54 Å². The number of likely N-dealkylation sites (tertiary alicyclic amines) is 1. The fourth-order valence-electron chi connectivity index (χ4n) is 3.01. The van der Waals surface area contributed by atoms with Gasteiger partial charge in [0.15, 0.2) is 0 Å². The molecular weight excluding hydrogens is 314 g/mol. The molecular formula is C20H29N3O2. The molecule has 2 rings (SSSR count). The highest BCUT2D eigenvalue weighted by Gasteiger charge is 2.18. The lowest BCUT2D eigenvalue weighted by Crippen LogP contribution is -2.41. The van der Waals surface area contributed by atoms with Crippen LogP contribution in [-0.4, -0.2) is 49.4 Å². The predicted octanol–water partition coefficient (Wildman–Crippen LogP) is 2.05. The second-order valence-electron chi connectivity index (χ2n) is 6.55. The molecule has 0 aliphatic carbocycles. The Balaban J connectivity index is 1.59. The van der Waals surface area contributed by atoms with Gasteiger partial charge in [-0.05, 0) is 56.5 Å². The third kappa shape index (κ3) is 7.52. The van der Waals surface area contributed by atoms with Crippen molar-refractivity contribution in [1.82, 2.24) is 15.5 Å². The van der Waals surface area contributed by atoms with Crippen LogP contribution in [-0.2, 0) is 9.59 Å². The van der Waals surface area contributed by atoms with E-state index >= 15 is 0 Å². The Morgan fingerprint density at radius 3 is 2.56 bits per heavy atom. The molecule has 1 aromatic carbocycles. The smallest absolute Gasteiger partial charge is 0.244 e. The molecule has 1 aliphatic heterocycles. The maximum absolute atomic E-state index is 11.9. The van der Waals surface area contributed by atoms with Gasteiger partial charge in [0.2, 0.25) is 11.8 Å². The summed E-state index contributed by atoms with van der Waals surface area (Å²) in [6.07, 6.45) is 6.64. The average molecular weight is 343 g/mol. The summed E-state index contributed by atoms with van der Waals surface area (Å²) in [5.74, 6) is 0.162. The molecule has 1 saturated heterocycles. The Morgan fingerprint density at radius 2 is 1.88 bits per heavy atom. The van der Waals surface area contributed by atoms with E-state index in [4.69, 9.17) is 0 Å². The first-order valence-corrected chi connectivity index (χ1v) is 9.17. The van der Waals surface area contributed by atoms with Gasteiger partial charge in [0.25, 0.3) is 0 Å². The van der Waals surface area contributed by atoms with Crippen LogP contribution in [0, 0.1) is 5.92 Å². The summed E-state index contributed by atoms with van der Waals surface area (Å²) in [6.45, 7) is 6.34. The minimum Gasteiger partial charge on any atom is -0.354 e. The first-order valence-electron chi connectivity index (χ1n) is 9.17. The first kappa shape index (κ1) is 19.2. The molecule has 1 heterocycles. The molecule has 0 bridgehead atoms. The monoisotopic (exact) mass is 343 g/mol. The summed E-state index contributed by atoms with van der Waals surface area (Å²) in [5.41, 5.74) is 0.955. The van der Waals surface area contributed by atoms with Crippen molar-refractivity contribution in [2.45, 2.75) is 26.2 Å². The minimum atomic E-state index is -0.258. The number of nitrogens with zero attached hydrogens (tertiary/aromatic N) is 1. The lowest BCUT2D eigenvalue weighted by molar-refractivity contribution is -0.124. The molecule has 5 nitrogen and oxygen atoms in total. The standard InChI is InChI=1S/C20H29N3O2/c1-2-12-23-13-10-18(11-14-23)15-21-20(25)16-22-19(24)9-8-17-6-4-3-5-7-17/h3-9,18H,2,10-16H2,1H3,(H,21,25)(H,22,24)/b9-8+. The minimum absolute atomic E-state index is 0.0205. The van der Waals surface area contributed by atoms with Crippen LogP contribution in [0.5, 0.6) is 0 Å². The van der Waals surface area contributed by atoms with Crippen molar-refractivity contribution in [3.05, 3.63) is 42.0 Å². The zero-order chi connectivity index (χ0) is 17.9. The van der Waals surface area contributed by atoms with Gasteiger partial charge in [-0.2, -0.15) is 0 Å². The third-order valence-electron chi connectivity index (χ3n) is 4.48. The summed E-state index contributed by atoms with van der Waals surface area (Å²) in [7, 11) is 0. The number of hydrogen-bond donors (Lipinski definition) is 2. The number of amides is 2. The molecule has 0 unspecified atom stereocenters. The van der Waals surface area contributed by atoms with Crippen LogP contribution in [0.4, 0.5) is 0 Å². The zero-order valence-electron chi connectivity index (χ0n) is 15.0. The van der Waals surface area contributed by atoms with Crippen molar-refractivity contribution in [3.8, 4) is 0 Å². The van der Waals surface area contributed by atoms with Gasteiger partial charge in [0.1, 0.15) is 0 Å². The summed E-state index contributed by atoms with van der Waals surface area (Å²) in [4.78, 5) is 26.1. The summed E-state index contributed by atoms with van der Waals surface area (Å²) < 4.78 is 0. The second kappa shape index (κ2) is 10.7. The molecule has 0 atom stereocenters. The van der Waals surface area contributed by atoms with Crippen LogP contribution in [0.1, 0.15) is 31.7 Å². The van der Waals surface area contributed by atoms with Crippen LogP contribution < -0.4 is 10.6 Å². The Morgan fingerprint density at radius 1 is 1.16 bits per heavy atom. The molecule has 136 valence electrons. The van der Waals surface area contributed by atoms with Crippen molar-refractivity contribution < 1.29 is 9.59 Å². The highest BCUT2D eigenvalue weighted by atomic mass is 16.2. The van der Waals surface area contributed by atoms with Gasteiger partial charge in [-0.15, -0.1) is 0 Å². The normalized spacial score (nSPS) is 16.0. The number of nitrogens with one attached hydrogen (secondary N) is 2. The van der Waals surface area contributed by atoms with Gasteiger partial charge in [-0.1, -0.05) is 37.3 Å². The van der Waals surface area contributed by atoms with Gasteiger partial charge in [0, 0.05) is 12.6 Å². The Kier molecular flexibility index (Phi) is 8.19. The van der Waals surface area contributed by atoms with Crippen LogP contribution in [0.2, 0.25) is 0 Å². The van der Waals surface area contributed by atoms with Gasteiger partial charge >= 0.3 is 0 Å². The fourth-order valence-corrected chi connectivity index (χ4v) is 3.01. The van der Waals surface area contributed by atoms with Gasteiger partial charge < -0.3 is 15.5 Å². The number of carbonyl (C=O) groups is 2. The van der Waals surface area contributed by atoms with Crippen LogP contribution >= 0.6 is 0 Å². The zero-order valence-corrected chi connectivity index (χ0v) is 15.0. The number of benzene rings is 1. The van der Waals surface area contributed by atoms with Crippen molar-refractivity contribution in [2.75, 3.05) is 32.7 Å². The van der Waals surface area contributed by atoms with Gasteiger partial charge in [-0.25, -0.2) is 0 Å². The second-order valence-corrected chi connectivity index (χ2v) is 6.55. The maximum Gasteiger partial charge on any atom is 0.244 e. The molecule has 0 saturated carbocycles. The third-order valence-corrected chi connectivity index (χ3v) is 4.48. The number of carbonyl (C=O) groups excluding carboxylic acids is 2. The van der Waals surface area contributed by atoms with Gasteiger partial charge in [-0.3, -0.25) is 9.59 Å². The quantitative estimate of drug-likeness (QED) is 0.710.